The molecule has 0 aromatic rings. The van der Waals surface area contributed by atoms with Crippen molar-refractivity contribution in [1.82, 2.24) is 5.32 Å². The molecule has 0 spiro atoms. The Morgan fingerprint density at radius 1 is 1.12 bits per heavy atom. The SMILES string of the molecule is CCCCCCCC(NCCC)C1CCCO1. The van der Waals surface area contributed by atoms with Crippen molar-refractivity contribution < 1.29 is 4.74 Å². The van der Waals surface area contributed by atoms with Gasteiger partial charge in [0, 0.05) is 12.6 Å². The molecular weight excluding hydrogens is 210 g/mol. The molecule has 1 aliphatic heterocycles. The standard InChI is InChI=1S/C15H31NO/c1-3-5-6-7-8-10-14(16-12-4-2)15-11-9-13-17-15/h14-16H,3-13H2,1-2H3. The van der Waals surface area contributed by atoms with Crippen LogP contribution in [0, 0.1) is 0 Å². The lowest BCUT2D eigenvalue weighted by molar-refractivity contribution is 0.0747. The number of ether oxygens (including phenoxy) is 1. The van der Waals surface area contributed by atoms with Crippen molar-refractivity contribution >= 4 is 0 Å². The zero-order chi connectivity index (χ0) is 12.3. The summed E-state index contributed by atoms with van der Waals surface area (Å²) in [4.78, 5) is 0. The smallest absolute Gasteiger partial charge is 0.0728 e. The third-order valence-corrected chi connectivity index (χ3v) is 3.69. The molecule has 1 N–H and O–H groups in total. The fourth-order valence-corrected chi connectivity index (χ4v) is 2.64. The van der Waals surface area contributed by atoms with Gasteiger partial charge in [-0.25, -0.2) is 0 Å². The average Bonchev–Trinajstić information content (AvgIpc) is 2.86. The van der Waals surface area contributed by atoms with Crippen LogP contribution in [0.5, 0.6) is 0 Å². The molecule has 1 heterocycles. The van der Waals surface area contributed by atoms with E-state index in [9.17, 15) is 0 Å². The van der Waals surface area contributed by atoms with Gasteiger partial charge in [0.15, 0.2) is 0 Å². The second-order valence-electron chi connectivity index (χ2n) is 5.31. The Bertz CT molecular complexity index is 166. The zero-order valence-corrected chi connectivity index (χ0v) is 11.8. The number of nitrogens with one attached hydrogen (secondary N) is 1. The van der Waals surface area contributed by atoms with Crippen molar-refractivity contribution in [2.75, 3.05) is 13.2 Å². The molecule has 0 aromatic heterocycles. The highest BCUT2D eigenvalue weighted by Crippen LogP contribution is 2.20. The van der Waals surface area contributed by atoms with Gasteiger partial charge in [-0.1, -0.05) is 46.0 Å². The molecule has 2 heteroatoms. The lowest BCUT2D eigenvalue weighted by Crippen LogP contribution is -2.39. The number of unbranched alkanes of at least 4 members (excludes halogenated alkanes) is 4. The third-order valence-electron chi connectivity index (χ3n) is 3.69. The van der Waals surface area contributed by atoms with Crippen LogP contribution in [0.2, 0.25) is 0 Å². The van der Waals surface area contributed by atoms with Crippen LogP contribution in [-0.2, 0) is 4.74 Å². The van der Waals surface area contributed by atoms with Gasteiger partial charge in [-0.2, -0.15) is 0 Å². The quantitative estimate of drug-likeness (QED) is 0.586. The molecule has 0 aromatic carbocycles. The normalized spacial score (nSPS) is 21.9. The van der Waals surface area contributed by atoms with E-state index in [1.807, 2.05) is 0 Å². The molecule has 1 fully saturated rings. The van der Waals surface area contributed by atoms with Crippen molar-refractivity contribution in [2.24, 2.45) is 0 Å². The number of hydrogen-bond acceptors (Lipinski definition) is 2. The molecule has 1 aliphatic rings. The van der Waals surface area contributed by atoms with Gasteiger partial charge in [0.2, 0.25) is 0 Å². The summed E-state index contributed by atoms with van der Waals surface area (Å²) in [6.07, 6.45) is 12.4. The predicted octanol–water partition coefficient (Wildman–Crippen LogP) is 3.89. The summed E-state index contributed by atoms with van der Waals surface area (Å²) in [5, 5.41) is 3.68. The van der Waals surface area contributed by atoms with Gasteiger partial charge in [0.1, 0.15) is 0 Å². The molecule has 2 unspecified atom stereocenters. The number of rotatable bonds is 10. The molecule has 1 saturated heterocycles. The van der Waals surface area contributed by atoms with E-state index in [4.69, 9.17) is 4.74 Å². The Labute approximate surface area is 108 Å². The van der Waals surface area contributed by atoms with Crippen LogP contribution in [0.3, 0.4) is 0 Å². The van der Waals surface area contributed by atoms with Gasteiger partial charge in [-0.15, -0.1) is 0 Å². The molecule has 0 saturated carbocycles. The summed E-state index contributed by atoms with van der Waals surface area (Å²) >= 11 is 0. The molecular formula is C15H31NO. The maximum atomic E-state index is 5.83. The van der Waals surface area contributed by atoms with E-state index in [0.29, 0.717) is 12.1 Å². The van der Waals surface area contributed by atoms with Crippen molar-refractivity contribution in [2.45, 2.75) is 83.8 Å². The molecule has 102 valence electrons. The second kappa shape index (κ2) is 9.90. The minimum Gasteiger partial charge on any atom is -0.377 e. The Morgan fingerprint density at radius 3 is 2.59 bits per heavy atom. The topological polar surface area (TPSA) is 21.3 Å². The van der Waals surface area contributed by atoms with Crippen LogP contribution >= 0.6 is 0 Å². The second-order valence-corrected chi connectivity index (χ2v) is 5.31. The fraction of sp³-hybridized carbons (Fsp3) is 1.00. The first-order valence-corrected chi connectivity index (χ1v) is 7.73. The summed E-state index contributed by atoms with van der Waals surface area (Å²) in [6.45, 7) is 6.63. The highest BCUT2D eigenvalue weighted by atomic mass is 16.5. The molecule has 0 radical (unpaired) electrons. The predicted molar refractivity (Wildman–Crippen MR) is 74.4 cm³/mol. The maximum absolute atomic E-state index is 5.83. The highest BCUT2D eigenvalue weighted by Gasteiger charge is 2.24. The Balaban J connectivity index is 2.15. The molecule has 0 amide bonds. The summed E-state index contributed by atoms with van der Waals surface area (Å²) in [6, 6.07) is 0.610. The Kier molecular flexibility index (Phi) is 8.72. The van der Waals surface area contributed by atoms with E-state index in [1.54, 1.807) is 0 Å². The zero-order valence-electron chi connectivity index (χ0n) is 11.8. The lowest BCUT2D eigenvalue weighted by Gasteiger charge is -2.24. The average molecular weight is 241 g/mol. The first-order valence-electron chi connectivity index (χ1n) is 7.73. The van der Waals surface area contributed by atoms with Crippen LogP contribution in [-0.4, -0.2) is 25.3 Å². The summed E-state index contributed by atoms with van der Waals surface area (Å²) < 4.78 is 5.83. The highest BCUT2D eigenvalue weighted by molar-refractivity contribution is 4.80. The van der Waals surface area contributed by atoms with Gasteiger partial charge in [-0.05, 0) is 32.2 Å². The molecule has 17 heavy (non-hydrogen) atoms. The van der Waals surface area contributed by atoms with Crippen molar-refractivity contribution in [1.29, 1.82) is 0 Å². The minimum absolute atomic E-state index is 0.493. The maximum Gasteiger partial charge on any atom is 0.0728 e. The molecule has 0 bridgehead atoms. The van der Waals surface area contributed by atoms with Gasteiger partial charge < -0.3 is 10.1 Å². The van der Waals surface area contributed by atoms with Crippen LogP contribution in [0.25, 0.3) is 0 Å². The summed E-state index contributed by atoms with van der Waals surface area (Å²) in [7, 11) is 0. The third kappa shape index (κ3) is 6.42. The van der Waals surface area contributed by atoms with Crippen molar-refractivity contribution in [3.05, 3.63) is 0 Å². The monoisotopic (exact) mass is 241 g/mol. The van der Waals surface area contributed by atoms with Gasteiger partial charge in [0.05, 0.1) is 6.10 Å². The summed E-state index contributed by atoms with van der Waals surface area (Å²) in [5.74, 6) is 0. The lowest BCUT2D eigenvalue weighted by atomic mass is 10.00. The Morgan fingerprint density at radius 2 is 1.94 bits per heavy atom. The minimum atomic E-state index is 0.493. The molecule has 0 aliphatic carbocycles. The molecule has 1 rings (SSSR count). The first kappa shape index (κ1) is 15.0. The summed E-state index contributed by atoms with van der Waals surface area (Å²) in [5.41, 5.74) is 0. The van der Waals surface area contributed by atoms with E-state index < -0.39 is 0 Å². The van der Waals surface area contributed by atoms with Crippen molar-refractivity contribution in [3.63, 3.8) is 0 Å². The van der Waals surface area contributed by atoms with E-state index in [0.717, 1.165) is 13.2 Å². The number of hydrogen-bond donors (Lipinski definition) is 1. The van der Waals surface area contributed by atoms with Gasteiger partial charge >= 0.3 is 0 Å². The Hall–Kier alpha value is -0.0800. The molecule has 2 atom stereocenters. The van der Waals surface area contributed by atoms with Gasteiger partial charge in [-0.3, -0.25) is 0 Å². The van der Waals surface area contributed by atoms with Crippen LogP contribution in [0.1, 0.15) is 71.6 Å². The van der Waals surface area contributed by atoms with E-state index in [-0.39, 0.29) is 0 Å². The largest absolute Gasteiger partial charge is 0.377 e. The molecule has 2 nitrogen and oxygen atoms in total. The van der Waals surface area contributed by atoms with E-state index in [2.05, 4.69) is 19.2 Å². The van der Waals surface area contributed by atoms with E-state index >= 15 is 0 Å². The van der Waals surface area contributed by atoms with Crippen LogP contribution < -0.4 is 5.32 Å². The van der Waals surface area contributed by atoms with E-state index in [1.165, 1.54) is 57.8 Å². The van der Waals surface area contributed by atoms with Crippen molar-refractivity contribution in [3.8, 4) is 0 Å². The van der Waals surface area contributed by atoms with Crippen LogP contribution in [0.15, 0.2) is 0 Å². The fourth-order valence-electron chi connectivity index (χ4n) is 2.64. The van der Waals surface area contributed by atoms with Gasteiger partial charge in [0.25, 0.3) is 0 Å². The van der Waals surface area contributed by atoms with Crippen LogP contribution in [0.4, 0.5) is 0 Å². The first-order chi connectivity index (χ1) is 8.38.